The number of benzene rings is 1. The van der Waals surface area contributed by atoms with Crippen LogP contribution in [-0.4, -0.2) is 33.3 Å². The van der Waals surface area contributed by atoms with Gasteiger partial charge in [-0.1, -0.05) is 12.1 Å². The van der Waals surface area contributed by atoms with Crippen LogP contribution in [0.25, 0.3) is 0 Å². The lowest BCUT2D eigenvalue weighted by Crippen LogP contribution is -2.39. The zero-order valence-corrected chi connectivity index (χ0v) is 11.7. The van der Waals surface area contributed by atoms with Gasteiger partial charge in [-0.2, -0.15) is 0 Å². The first-order valence-corrected chi connectivity index (χ1v) is 7.85. The van der Waals surface area contributed by atoms with Gasteiger partial charge in [-0.25, -0.2) is 8.42 Å². The summed E-state index contributed by atoms with van der Waals surface area (Å²) in [5.74, 6) is 0. The molecule has 1 saturated heterocycles. The fourth-order valence-corrected chi connectivity index (χ4v) is 4.23. The molecule has 0 bridgehead atoms. The van der Waals surface area contributed by atoms with Crippen molar-refractivity contribution >= 4 is 15.7 Å². The molecule has 0 radical (unpaired) electrons. The number of hydrogen-bond donors (Lipinski definition) is 1. The third-order valence-corrected chi connectivity index (χ3v) is 5.65. The van der Waals surface area contributed by atoms with Crippen molar-refractivity contribution in [2.75, 3.05) is 23.9 Å². The fraction of sp³-hybridized carbons (Fsp3) is 0.538. The summed E-state index contributed by atoms with van der Waals surface area (Å²) in [7, 11) is -3.25. The molecule has 1 aliphatic heterocycles. The highest BCUT2D eigenvalue weighted by Gasteiger charge is 2.33. The second-order valence-corrected chi connectivity index (χ2v) is 6.80. The summed E-state index contributed by atoms with van der Waals surface area (Å²) in [5.41, 5.74) is 1.84. The van der Waals surface area contributed by atoms with Crippen LogP contribution in [0.1, 0.15) is 18.9 Å². The molecule has 4 nitrogen and oxygen atoms in total. The Bertz CT molecular complexity index is 507. The average Bonchev–Trinajstić information content (AvgIpc) is 2.83. The van der Waals surface area contributed by atoms with E-state index >= 15 is 0 Å². The molecule has 1 heterocycles. The highest BCUT2D eigenvalue weighted by molar-refractivity contribution is 7.93. The Morgan fingerprint density at radius 2 is 2.22 bits per heavy atom. The predicted octanol–water partition coefficient (Wildman–Crippen LogP) is 1.51. The van der Waals surface area contributed by atoms with Crippen LogP contribution in [0.3, 0.4) is 0 Å². The summed E-state index contributed by atoms with van der Waals surface area (Å²) in [6.45, 7) is 5.67. The number of nitrogens with one attached hydrogen (secondary N) is 1. The predicted molar refractivity (Wildman–Crippen MR) is 74.4 cm³/mol. The molecule has 1 aliphatic rings. The van der Waals surface area contributed by atoms with Crippen molar-refractivity contribution in [1.82, 2.24) is 5.32 Å². The van der Waals surface area contributed by atoms with Crippen LogP contribution in [0.4, 0.5) is 5.69 Å². The van der Waals surface area contributed by atoms with E-state index in [-0.39, 0.29) is 5.25 Å². The summed E-state index contributed by atoms with van der Waals surface area (Å²) in [6, 6.07) is 7.65. The first-order chi connectivity index (χ1) is 8.55. The molecule has 0 aliphatic carbocycles. The van der Waals surface area contributed by atoms with Crippen molar-refractivity contribution in [3.63, 3.8) is 0 Å². The Hall–Kier alpha value is -1.07. The molecule has 1 aromatic rings. The second kappa shape index (κ2) is 5.28. The fourth-order valence-electron chi connectivity index (χ4n) is 2.35. The van der Waals surface area contributed by atoms with E-state index in [1.54, 1.807) is 0 Å². The highest BCUT2D eigenvalue weighted by atomic mass is 32.2. The summed E-state index contributed by atoms with van der Waals surface area (Å²) >= 11 is 0. The van der Waals surface area contributed by atoms with Gasteiger partial charge in [0.05, 0.1) is 10.9 Å². The summed E-state index contributed by atoms with van der Waals surface area (Å²) < 4.78 is 26.6. The second-order valence-electron chi connectivity index (χ2n) is 4.66. The molecule has 0 saturated carbocycles. The van der Waals surface area contributed by atoms with Gasteiger partial charge in [0.2, 0.25) is 10.0 Å². The maximum atomic E-state index is 12.6. The maximum absolute atomic E-state index is 12.6. The van der Waals surface area contributed by atoms with Crippen LogP contribution in [0, 0.1) is 6.92 Å². The minimum atomic E-state index is -3.25. The molecular formula is C13H20N2O2S. The van der Waals surface area contributed by atoms with E-state index < -0.39 is 10.0 Å². The Morgan fingerprint density at radius 3 is 2.78 bits per heavy atom. The van der Waals surface area contributed by atoms with Gasteiger partial charge in [0.1, 0.15) is 0 Å². The van der Waals surface area contributed by atoms with E-state index in [1.165, 1.54) is 4.31 Å². The van der Waals surface area contributed by atoms with Crippen molar-refractivity contribution in [1.29, 1.82) is 0 Å². The Balaban J connectivity index is 2.33. The topological polar surface area (TPSA) is 49.4 Å². The lowest BCUT2D eigenvalue weighted by molar-refractivity contribution is 0.578. The smallest absolute Gasteiger partial charge is 0.239 e. The SMILES string of the molecule is CCN(c1cccc(C)c1)S(=O)(=O)C1CCNC1. The number of sulfonamides is 1. The molecule has 100 valence electrons. The van der Waals surface area contributed by atoms with Crippen molar-refractivity contribution in [3.05, 3.63) is 29.8 Å². The van der Waals surface area contributed by atoms with Gasteiger partial charge >= 0.3 is 0 Å². The highest BCUT2D eigenvalue weighted by Crippen LogP contribution is 2.23. The van der Waals surface area contributed by atoms with Crippen molar-refractivity contribution < 1.29 is 8.42 Å². The molecule has 1 aromatic carbocycles. The summed E-state index contributed by atoms with van der Waals surface area (Å²) in [6.07, 6.45) is 0.699. The van der Waals surface area contributed by atoms with Crippen LogP contribution < -0.4 is 9.62 Å². The van der Waals surface area contributed by atoms with Crippen molar-refractivity contribution in [3.8, 4) is 0 Å². The minimum Gasteiger partial charge on any atom is -0.315 e. The number of anilines is 1. The van der Waals surface area contributed by atoms with Gasteiger partial charge in [0, 0.05) is 13.1 Å². The van der Waals surface area contributed by atoms with E-state index in [9.17, 15) is 8.42 Å². The quantitative estimate of drug-likeness (QED) is 0.900. The van der Waals surface area contributed by atoms with Crippen molar-refractivity contribution in [2.24, 2.45) is 0 Å². The number of nitrogens with zero attached hydrogens (tertiary/aromatic N) is 1. The van der Waals surface area contributed by atoms with Gasteiger partial charge in [-0.05, 0) is 44.5 Å². The van der Waals surface area contributed by atoms with Crippen LogP contribution in [-0.2, 0) is 10.0 Å². The lowest BCUT2D eigenvalue weighted by Gasteiger charge is -2.26. The molecule has 18 heavy (non-hydrogen) atoms. The lowest BCUT2D eigenvalue weighted by atomic mass is 10.2. The van der Waals surface area contributed by atoms with E-state index in [2.05, 4.69) is 5.32 Å². The van der Waals surface area contributed by atoms with E-state index in [0.717, 1.165) is 17.8 Å². The van der Waals surface area contributed by atoms with Gasteiger partial charge in [0.15, 0.2) is 0 Å². The first-order valence-electron chi connectivity index (χ1n) is 6.34. The molecule has 1 unspecified atom stereocenters. The largest absolute Gasteiger partial charge is 0.315 e. The monoisotopic (exact) mass is 268 g/mol. The van der Waals surface area contributed by atoms with Gasteiger partial charge in [0.25, 0.3) is 0 Å². The van der Waals surface area contributed by atoms with E-state index in [1.807, 2.05) is 38.1 Å². The van der Waals surface area contributed by atoms with Gasteiger partial charge < -0.3 is 5.32 Å². The third kappa shape index (κ3) is 2.52. The zero-order chi connectivity index (χ0) is 13.2. The molecular weight excluding hydrogens is 248 g/mol. The minimum absolute atomic E-state index is 0.294. The molecule has 0 amide bonds. The normalized spacial score (nSPS) is 20.0. The number of rotatable bonds is 4. The Labute approximate surface area is 109 Å². The first kappa shape index (κ1) is 13.4. The molecule has 0 spiro atoms. The molecule has 5 heteroatoms. The molecule has 1 fully saturated rings. The standard InChI is InChI=1S/C13H20N2O2S/c1-3-15(12-6-4-5-11(2)9-12)18(16,17)13-7-8-14-10-13/h4-6,9,13-14H,3,7-8,10H2,1-2H3. The summed E-state index contributed by atoms with van der Waals surface area (Å²) in [5, 5.41) is 2.82. The molecule has 1 N–H and O–H groups in total. The number of hydrogen-bond acceptors (Lipinski definition) is 3. The van der Waals surface area contributed by atoms with Crippen LogP contribution in [0.15, 0.2) is 24.3 Å². The van der Waals surface area contributed by atoms with E-state index in [0.29, 0.717) is 19.5 Å². The molecule has 1 atom stereocenters. The van der Waals surface area contributed by atoms with E-state index in [4.69, 9.17) is 0 Å². The summed E-state index contributed by atoms with van der Waals surface area (Å²) in [4.78, 5) is 0. The Kier molecular flexibility index (Phi) is 3.92. The van der Waals surface area contributed by atoms with Gasteiger partial charge in [-0.15, -0.1) is 0 Å². The third-order valence-electron chi connectivity index (χ3n) is 3.32. The van der Waals surface area contributed by atoms with Crippen LogP contribution in [0.5, 0.6) is 0 Å². The van der Waals surface area contributed by atoms with Crippen LogP contribution >= 0.6 is 0 Å². The zero-order valence-electron chi connectivity index (χ0n) is 10.9. The molecule has 2 rings (SSSR count). The number of aryl methyl sites for hydroxylation is 1. The maximum Gasteiger partial charge on any atom is 0.239 e. The Morgan fingerprint density at radius 1 is 1.44 bits per heavy atom. The van der Waals surface area contributed by atoms with Crippen molar-refractivity contribution in [2.45, 2.75) is 25.5 Å². The van der Waals surface area contributed by atoms with Crippen LogP contribution in [0.2, 0.25) is 0 Å². The molecule has 0 aromatic heterocycles. The average molecular weight is 268 g/mol. The van der Waals surface area contributed by atoms with Gasteiger partial charge in [-0.3, -0.25) is 4.31 Å².